The molecule has 1 aliphatic rings. The third kappa shape index (κ3) is 2.62. The van der Waals surface area contributed by atoms with Gasteiger partial charge in [0.25, 0.3) is 5.91 Å². The van der Waals surface area contributed by atoms with Crippen LogP contribution in [0, 0.1) is 6.92 Å². The minimum Gasteiger partial charge on any atom is -0.459 e. The van der Waals surface area contributed by atoms with Gasteiger partial charge in [0.1, 0.15) is 16.9 Å². The summed E-state index contributed by atoms with van der Waals surface area (Å²) in [6.45, 7) is 4.00. The van der Waals surface area contributed by atoms with Crippen molar-refractivity contribution in [3.8, 4) is 0 Å². The predicted octanol–water partition coefficient (Wildman–Crippen LogP) is 2.13. The summed E-state index contributed by atoms with van der Waals surface area (Å²) < 4.78 is 11.4. The highest BCUT2D eigenvalue weighted by Gasteiger charge is 2.39. The second-order valence-corrected chi connectivity index (χ2v) is 5.78. The van der Waals surface area contributed by atoms with Crippen molar-refractivity contribution in [2.45, 2.75) is 31.9 Å². The van der Waals surface area contributed by atoms with Crippen LogP contribution in [0.3, 0.4) is 0 Å². The number of ether oxygens (including phenoxy) is 1. The first-order chi connectivity index (χ1) is 10.7. The van der Waals surface area contributed by atoms with Crippen molar-refractivity contribution in [3.05, 3.63) is 35.6 Å². The molecule has 1 aromatic heterocycles. The number of carbonyl (C=O) groups is 1. The summed E-state index contributed by atoms with van der Waals surface area (Å²) in [6.07, 6.45) is 1.38. The number of hydrogen-bond acceptors (Lipinski definition) is 4. The molecule has 1 amide bonds. The number of fused-ring (bicyclic) bond motifs is 1. The van der Waals surface area contributed by atoms with Gasteiger partial charge in [-0.25, -0.2) is 0 Å². The van der Waals surface area contributed by atoms with E-state index in [1.54, 1.807) is 7.11 Å². The van der Waals surface area contributed by atoms with Crippen LogP contribution < -0.4 is 10.6 Å². The van der Waals surface area contributed by atoms with Crippen molar-refractivity contribution >= 4 is 16.9 Å². The highest BCUT2D eigenvalue weighted by Crippen LogP contribution is 2.26. The van der Waals surface area contributed by atoms with E-state index in [9.17, 15) is 4.79 Å². The number of benzene rings is 1. The molecule has 5 nitrogen and oxygen atoms in total. The van der Waals surface area contributed by atoms with Crippen LogP contribution in [0.25, 0.3) is 11.0 Å². The van der Waals surface area contributed by atoms with Crippen molar-refractivity contribution in [3.63, 3.8) is 0 Å². The van der Waals surface area contributed by atoms with Crippen LogP contribution in [0.1, 0.15) is 24.2 Å². The van der Waals surface area contributed by atoms with Crippen LogP contribution in [0.15, 0.2) is 28.7 Å². The van der Waals surface area contributed by atoms with Gasteiger partial charge >= 0.3 is 0 Å². The molecule has 0 unspecified atom stereocenters. The minimum absolute atomic E-state index is 0.0589. The molecule has 0 aliphatic carbocycles. The molecule has 22 heavy (non-hydrogen) atoms. The number of carbonyl (C=O) groups excluding carboxylic acids is 1. The lowest BCUT2D eigenvalue weighted by Crippen LogP contribution is -2.53. The van der Waals surface area contributed by atoms with Crippen molar-refractivity contribution < 1.29 is 13.9 Å². The number of nitrogens with one attached hydrogen (secondary N) is 2. The minimum atomic E-state index is -0.717. The molecular formula is C17H22N2O3. The van der Waals surface area contributed by atoms with Gasteiger partial charge in [-0.3, -0.25) is 4.79 Å². The quantitative estimate of drug-likeness (QED) is 0.908. The summed E-state index contributed by atoms with van der Waals surface area (Å²) in [7, 11) is 1.61. The average molecular weight is 302 g/mol. The molecule has 5 heteroatoms. The normalized spacial score (nSPS) is 17.5. The Kier molecular flexibility index (Phi) is 4.18. The Bertz CT molecular complexity index is 672. The summed E-state index contributed by atoms with van der Waals surface area (Å²) in [5, 5.41) is 7.32. The van der Waals surface area contributed by atoms with Crippen LogP contribution in [-0.2, 0) is 16.1 Å². The number of furan rings is 1. The van der Waals surface area contributed by atoms with Crippen LogP contribution in [-0.4, -0.2) is 31.7 Å². The lowest BCUT2D eigenvalue weighted by Gasteiger charge is -2.34. The highest BCUT2D eigenvalue weighted by molar-refractivity contribution is 5.86. The van der Waals surface area contributed by atoms with Crippen molar-refractivity contribution in [1.82, 2.24) is 10.6 Å². The zero-order valence-electron chi connectivity index (χ0n) is 13.1. The van der Waals surface area contributed by atoms with Gasteiger partial charge in [0.2, 0.25) is 0 Å². The number of rotatable bonds is 4. The number of piperidine rings is 1. The summed E-state index contributed by atoms with van der Waals surface area (Å²) in [6, 6.07) is 7.91. The molecule has 3 rings (SSSR count). The highest BCUT2D eigenvalue weighted by atomic mass is 16.5. The van der Waals surface area contributed by atoms with Gasteiger partial charge in [-0.1, -0.05) is 18.2 Å². The molecule has 1 aliphatic heterocycles. The monoisotopic (exact) mass is 302 g/mol. The van der Waals surface area contributed by atoms with E-state index >= 15 is 0 Å². The number of methoxy groups -OCH3 is 1. The number of para-hydroxylation sites is 1. The fourth-order valence-corrected chi connectivity index (χ4v) is 3.07. The topological polar surface area (TPSA) is 63.5 Å². The van der Waals surface area contributed by atoms with Crippen LogP contribution in [0.5, 0.6) is 0 Å². The lowest BCUT2D eigenvalue weighted by atomic mass is 9.91. The zero-order valence-corrected chi connectivity index (χ0v) is 13.1. The fraction of sp³-hybridized carbons (Fsp3) is 0.471. The molecule has 0 saturated carbocycles. The first kappa shape index (κ1) is 15.1. The largest absolute Gasteiger partial charge is 0.459 e. The summed E-state index contributed by atoms with van der Waals surface area (Å²) in [5.41, 5.74) is 1.21. The fourth-order valence-electron chi connectivity index (χ4n) is 3.07. The molecule has 118 valence electrons. The molecule has 1 saturated heterocycles. The van der Waals surface area contributed by atoms with Gasteiger partial charge in [0.05, 0.1) is 6.54 Å². The van der Waals surface area contributed by atoms with Crippen molar-refractivity contribution in [2.75, 3.05) is 20.2 Å². The van der Waals surface area contributed by atoms with Gasteiger partial charge in [-0.15, -0.1) is 0 Å². The Morgan fingerprint density at radius 1 is 1.36 bits per heavy atom. The SMILES string of the molecule is COC1(C(=O)NCc2oc3ccccc3c2C)CCNCC1. The Morgan fingerprint density at radius 3 is 2.77 bits per heavy atom. The second kappa shape index (κ2) is 6.10. The Labute approximate surface area is 130 Å². The van der Waals surface area contributed by atoms with E-state index in [0.717, 1.165) is 35.4 Å². The van der Waals surface area contributed by atoms with Gasteiger partial charge in [0, 0.05) is 18.1 Å². The second-order valence-electron chi connectivity index (χ2n) is 5.78. The summed E-state index contributed by atoms with van der Waals surface area (Å²) in [5.74, 6) is 0.742. The van der Waals surface area contributed by atoms with E-state index in [1.165, 1.54) is 0 Å². The maximum Gasteiger partial charge on any atom is 0.252 e. The molecule has 1 aromatic carbocycles. The molecule has 0 bridgehead atoms. The molecule has 0 radical (unpaired) electrons. The number of hydrogen-bond donors (Lipinski definition) is 2. The zero-order chi connectivity index (χ0) is 15.6. The van der Waals surface area contributed by atoms with E-state index in [1.807, 2.05) is 31.2 Å². The van der Waals surface area contributed by atoms with E-state index in [-0.39, 0.29) is 5.91 Å². The standard InChI is InChI=1S/C17H22N2O3/c1-12-13-5-3-4-6-14(13)22-15(12)11-19-16(20)17(21-2)7-9-18-10-8-17/h3-6,18H,7-11H2,1-2H3,(H,19,20). The third-order valence-electron chi connectivity index (χ3n) is 4.57. The number of amides is 1. The first-order valence-corrected chi connectivity index (χ1v) is 7.67. The van der Waals surface area contributed by atoms with Gasteiger partial charge in [0.15, 0.2) is 0 Å². The van der Waals surface area contributed by atoms with Crippen molar-refractivity contribution in [1.29, 1.82) is 0 Å². The van der Waals surface area contributed by atoms with Gasteiger partial charge in [-0.2, -0.15) is 0 Å². The smallest absolute Gasteiger partial charge is 0.252 e. The molecule has 2 aromatic rings. The predicted molar refractivity (Wildman–Crippen MR) is 84.6 cm³/mol. The molecule has 0 atom stereocenters. The Morgan fingerprint density at radius 2 is 2.09 bits per heavy atom. The van der Waals surface area contributed by atoms with Crippen LogP contribution >= 0.6 is 0 Å². The molecule has 1 fully saturated rings. The summed E-state index contributed by atoms with van der Waals surface area (Å²) >= 11 is 0. The van der Waals surface area contributed by atoms with Gasteiger partial charge < -0.3 is 19.8 Å². The number of aryl methyl sites for hydroxylation is 1. The van der Waals surface area contributed by atoms with Gasteiger partial charge in [-0.05, 0) is 38.9 Å². The van der Waals surface area contributed by atoms with E-state index in [2.05, 4.69) is 10.6 Å². The van der Waals surface area contributed by atoms with Crippen LogP contribution in [0.2, 0.25) is 0 Å². The van der Waals surface area contributed by atoms with E-state index in [0.29, 0.717) is 19.4 Å². The lowest BCUT2D eigenvalue weighted by molar-refractivity contribution is -0.147. The van der Waals surface area contributed by atoms with E-state index in [4.69, 9.17) is 9.15 Å². The van der Waals surface area contributed by atoms with Crippen molar-refractivity contribution in [2.24, 2.45) is 0 Å². The molecular weight excluding hydrogens is 280 g/mol. The molecule has 2 heterocycles. The Balaban J connectivity index is 1.73. The summed E-state index contributed by atoms with van der Waals surface area (Å²) in [4.78, 5) is 12.5. The molecule has 2 N–H and O–H groups in total. The maximum atomic E-state index is 12.5. The van der Waals surface area contributed by atoms with Crippen LogP contribution in [0.4, 0.5) is 0 Å². The van der Waals surface area contributed by atoms with E-state index < -0.39 is 5.60 Å². The molecule has 0 spiro atoms. The first-order valence-electron chi connectivity index (χ1n) is 7.67. The third-order valence-corrected chi connectivity index (χ3v) is 4.57. The maximum absolute atomic E-state index is 12.5. The Hall–Kier alpha value is -1.85. The average Bonchev–Trinajstić information content (AvgIpc) is 2.90.